The van der Waals surface area contributed by atoms with Crippen LogP contribution in [-0.2, 0) is 11.2 Å². The van der Waals surface area contributed by atoms with Crippen LogP contribution in [0.3, 0.4) is 0 Å². The van der Waals surface area contributed by atoms with E-state index in [0.29, 0.717) is 11.6 Å². The molecule has 0 unspecified atom stereocenters. The van der Waals surface area contributed by atoms with Crippen LogP contribution in [0.4, 0.5) is 5.13 Å². The number of fused-ring (bicyclic) bond motifs is 1. The highest BCUT2D eigenvalue weighted by molar-refractivity contribution is 9.10. The Morgan fingerprint density at radius 2 is 2.08 bits per heavy atom. The zero-order chi connectivity index (χ0) is 17.2. The Hall–Kier alpha value is -2.44. The molecule has 2 heterocycles. The topological polar surface area (TPSA) is 57.8 Å². The zero-order valence-electron chi connectivity index (χ0n) is 13.1. The predicted octanol–water partition coefficient (Wildman–Crippen LogP) is 5.24. The minimum absolute atomic E-state index is 0.0695. The van der Waals surface area contributed by atoms with E-state index in [2.05, 4.69) is 31.2 Å². The number of carbonyl (C=O) groups excluding carboxylic acids is 1. The fourth-order valence-electron chi connectivity index (χ4n) is 2.73. The van der Waals surface area contributed by atoms with Gasteiger partial charge < -0.3 is 10.3 Å². The molecule has 0 aliphatic rings. The van der Waals surface area contributed by atoms with Crippen molar-refractivity contribution in [1.29, 1.82) is 0 Å². The van der Waals surface area contributed by atoms with E-state index in [1.165, 1.54) is 11.3 Å². The molecule has 0 aliphatic heterocycles. The lowest BCUT2D eigenvalue weighted by molar-refractivity contribution is -0.115. The van der Waals surface area contributed by atoms with Crippen molar-refractivity contribution in [2.24, 2.45) is 0 Å². The Morgan fingerprint density at radius 3 is 2.96 bits per heavy atom. The Morgan fingerprint density at radius 1 is 1.20 bits per heavy atom. The molecule has 124 valence electrons. The summed E-state index contributed by atoms with van der Waals surface area (Å²) in [7, 11) is 0. The third-order valence-electron chi connectivity index (χ3n) is 3.90. The highest BCUT2D eigenvalue weighted by atomic mass is 79.9. The van der Waals surface area contributed by atoms with Crippen LogP contribution in [0.15, 0.2) is 64.6 Å². The number of hydrogen-bond acceptors (Lipinski definition) is 3. The number of para-hydroxylation sites is 1. The second-order valence-corrected chi connectivity index (χ2v) is 7.41. The van der Waals surface area contributed by atoms with Gasteiger partial charge >= 0.3 is 0 Å². The fraction of sp³-hybridized carbons (Fsp3) is 0.0526. The minimum Gasteiger partial charge on any atom is -0.361 e. The van der Waals surface area contributed by atoms with Crippen molar-refractivity contribution < 1.29 is 4.79 Å². The van der Waals surface area contributed by atoms with Gasteiger partial charge in [0.05, 0.1) is 12.1 Å². The van der Waals surface area contributed by atoms with Gasteiger partial charge in [0.15, 0.2) is 5.13 Å². The van der Waals surface area contributed by atoms with E-state index in [1.807, 2.05) is 60.1 Å². The van der Waals surface area contributed by atoms with Gasteiger partial charge in [-0.15, -0.1) is 11.3 Å². The normalized spacial score (nSPS) is 10.9. The summed E-state index contributed by atoms with van der Waals surface area (Å²) in [5.41, 5.74) is 3.89. The van der Waals surface area contributed by atoms with Crippen molar-refractivity contribution in [3.63, 3.8) is 0 Å². The van der Waals surface area contributed by atoms with Crippen LogP contribution < -0.4 is 5.32 Å². The molecule has 4 rings (SSSR count). The summed E-state index contributed by atoms with van der Waals surface area (Å²) in [5, 5.41) is 6.53. The molecule has 4 aromatic rings. The second kappa shape index (κ2) is 6.82. The number of amides is 1. The Bertz CT molecular complexity index is 1050. The van der Waals surface area contributed by atoms with Crippen LogP contribution >= 0.6 is 27.3 Å². The molecular weight excluding hydrogens is 398 g/mol. The maximum absolute atomic E-state index is 12.4. The first kappa shape index (κ1) is 16.1. The molecule has 6 heteroatoms. The molecule has 2 aromatic heterocycles. The van der Waals surface area contributed by atoms with E-state index in [1.54, 1.807) is 0 Å². The van der Waals surface area contributed by atoms with E-state index in [-0.39, 0.29) is 5.91 Å². The van der Waals surface area contributed by atoms with Crippen molar-refractivity contribution in [3.05, 3.63) is 70.1 Å². The van der Waals surface area contributed by atoms with E-state index in [9.17, 15) is 4.79 Å². The third kappa shape index (κ3) is 3.50. The summed E-state index contributed by atoms with van der Waals surface area (Å²) in [4.78, 5) is 20.1. The van der Waals surface area contributed by atoms with Crippen molar-refractivity contribution in [3.8, 4) is 11.3 Å². The SMILES string of the molecule is O=C(Cc1c[nH]c2ccccc12)Nc1nc(-c2cccc(Br)c2)cs1. The van der Waals surface area contributed by atoms with Crippen LogP contribution in [0.5, 0.6) is 0 Å². The van der Waals surface area contributed by atoms with Gasteiger partial charge in [0, 0.05) is 32.5 Å². The Kier molecular flexibility index (Phi) is 4.38. The maximum Gasteiger partial charge on any atom is 0.230 e. The van der Waals surface area contributed by atoms with Crippen molar-refractivity contribution in [2.75, 3.05) is 5.32 Å². The monoisotopic (exact) mass is 411 g/mol. The summed E-state index contributed by atoms with van der Waals surface area (Å²) >= 11 is 4.89. The maximum atomic E-state index is 12.4. The summed E-state index contributed by atoms with van der Waals surface area (Å²) < 4.78 is 1.00. The second-order valence-electron chi connectivity index (χ2n) is 5.63. The number of thiazole rings is 1. The molecule has 0 fully saturated rings. The minimum atomic E-state index is -0.0695. The molecule has 0 atom stereocenters. The molecule has 2 aromatic carbocycles. The number of anilines is 1. The predicted molar refractivity (Wildman–Crippen MR) is 106 cm³/mol. The highest BCUT2D eigenvalue weighted by Gasteiger charge is 2.11. The number of aromatic amines is 1. The molecule has 0 saturated carbocycles. The van der Waals surface area contributed by atoms with Gasteiger partial charge in [-0.3, -0.25) is 4.79 Å². The van der Waals surface area contributed by atoms with Crippen LogP contribution in [0.2, 0.25) is 0 Å². The molecule has 0 aliphatic carbocycles. The zero-order valence-corrected chi connectivity index (χ0v) is 15.5. The molecule has 0 radical (unpaired) electrons. The van der Waals surface area contributed by atoms with Gasteiger partial charge in [-0.2, -0.15) is 0 Å². The lowest BCUT2D eigenvalue weighted by atomic mass is 10.1. The number of halogens is 1. The number of benzene rings is 2. The van der Waals surface area contributed by atoms with Crippen molar-refractivity contribution in [1.82, 2.24) is 9.97 Å². The van der Waals surface area contributed by atoms with Crippen molar-refractivity contribution in [2.45, 2.75) is 6.42 Å². The summed E-state index contributed by atoms with van der Waals surface area (Å²) in [6, 6.07) is 15.9. The van der Waals surface area contributed by atoms with Gasteiger partial charge in [-0.25, -0.2) is 4.98 Å². The number of nitrogens with one attached hydrogen (secondary N) is 2. The summed E-state index contributed by atoms with van der Waals surface area (Å²) in [6.07, 6.45) is 2.20. The lowest BCUT2D eigenvalue weighted by Gasteiger charge is -2.01. The van der Waals surface area contributed by atoms with Gasteiger partial charge in [-0.1, -0.05) is 46.3 Å². The fourth-order valence-corrected chi connectivity index (χ4v) is 3.86. The highest BCUT2D eigenvalue weighted by Crippen LogP contribution is 2.27. The van der Waals surface area contributed by atoms with E-state index < -0.39 is 0 Å². The molecule has 4 nitrogen and oxygen atoms in total. The molecule has 0 bridgehead atoms. The smallest absolute Gasteiger partial charge is 0.230 e. The molecule has 25 heavy (non-hydrogen) atoms. The molecule has 2 N–H and O–H groups in total. The molecule has 0 saturated heterocycles. The lowest BCUT2D eigenvalue weighted by Crippen LogP contribution is -2.13. The Labute approximate surface area is 157 Å². The van der Waals surface area contributed by atoms with Gasteiger partial charge in [0.1, 0.15) is 0 Å². The number of H-pyrrole nitrogens is 1. The first-order chi connectivity index (χ1) is 12.2. The standard InChI is InChI=1S/C19H14BrN3OS/c20-14-5-3-4-12(8-14)17-11-25-19(22-17)23-18(24)9-13-10-21-16-7-2-1-6-15(13)16/h1-8,10-11,21H,9H2,(H,22,23,24). The van der Waals surface area contributed by atoms with Gasteiger partial charge in [0.2, 0.25) is 5.91 Å². The van der Waals surface area contributed by atoms with E-state index in [4.69, 9.17) is 0 Å². The number of carbonyl (C=O) groups is 1. The average Bonchev–Trinajstić information content (AvgIpc) is 3.23. The molecular formula is C19H14BrN3OS. The quantitative estimate of drug-likeness (QED) is 0.482. The molecule has 1 amide bonds. The van der Waals surface area contributed by atoms with Crippen LogP contribution in [0.1, 0.15) is 5.56 Å². The number of rotatable bonds is 4. The van der Waals surface area contributed by atoms with Crippen LogP contribution in [-0.4, -0.2) is 15.9 Å². The summed E-state index contributed by atoms with van der Waals surface area (Å²) in [5.74, 6) is -0.0695. The number of nitrogens with zero attached hydrogens (tertiary/aromatic N) is 1. The first-order valence-corrected chi connectivity index (χ1v) is 9.42. The van der Waals surface area contributed by atoms with Gasteiger partial charge in [0.25, 0.3) is 0 Å². The summed E-state index contributed by atoms with van der Waals surface area (Å²) in [6.45, 7) is 0. The van der Waals surface area contributed by atoms with Crippen LogP contribution in [0.25, 0.3) is 22.2 Å². The van der Waals surface area contributed by atoms with Gasteiger partial charge in [-0.05, 0) is 23.8 Å². The van der Waals surface area contributed by atoms with E-state index in [0.717, 1.165) is 32.2 Å². The first-order valence-electron chi connectivity index (χ1n) is 7.75. The van der Waals surface area contributed by atoms with Crippen LogP contribution in [0, 0.1) is 0 Å². The number of aromatic nitrogens is 2. The molecule has 0 spiro atoms. The largest absolute Gasteiger partial charge is 0.361 e. The average molecular weight is 412 g/mol. The Balaban J connectivity index is 1.48. The number of hydrogen-bond donors (Lipinski definition) is 2. The van der Waals surface area contributed by atoms with Crippen molar-refractivity contribution >= 4 is 49.2 Å². The van der Waals surface area contributed by atoms with E-state index >= 15 is 0 Å². The third-order valence-corrected chi connectivity index (χ3v) is 5.15.